The second-order valence-electron chi connectivity index (χ2n) is 5.09. The first-order valence-electron chi connectivity index (χ1n) is 6.65. The molecule has 0 spiro atoms. The number of nitrogens with zero attached hydrogens (tertiary/aromatic N) is 1. The predicted molar refractivity (Wildman–Crippen MR) is 71.8 cm³/mol. The fourth-order valence-electron chi connectivity index (χ4n) is 3.31. The van der Waals surface area contributed by atoms with Crippen LogP contribution >= 0.6 is 0 Å². The van der Waals surface area contributed by atoms with Crippen LogP contribution in [0, 0.1) is 0 Å². The van der Waals surface area contributed by atoms with E-state index in [1.54, 1.807) is 0 Å². The van der Waals surface area contributed by atoms with Gasteiger partial charge in [-0.2, -0.15) is 0 Å². The third-order valence-electron chi connectivity index (χ3n) is 4.07. The van der Waals surface area contributed by atoms with Crippen molar-refractivity contribution in [1.29, 1.82) is 0 Å². The first-order chi connectivity index (χ1) is 8.61. The molecule has 1 N–H and O–H groups in total. The molecule has 0 radical (unpaired) electrons. The maximum atomic E-state index is 11.2. The van der Waals surface area contributed by atoms with Crippen LogP contribution in [0.4, 0.5) is 0 Å². The molecule has 0 saturated carbocycles. The second-order valence-corrected chi connectivity index (χ2v) is 5.09. The summed E-state index contributed by atoms with van der Waals surface area (Å²) in [5, 5.41) is 9.23. The fraction of sp³-hybridized carbons (Fsp3) is 0.533. The molecule has 18 heavy (non-hydrogen) atoms. The summed E-state index contributed by atoms with van der Waals surface area (Å²) < 4.78 is 0. The van der Waals surface area contributed by atoms with Crippen molar-refractivity contribution in [3.63, 3.8) is 0 Å². The minimum absolute atomic E-state index is 0.223. The Kier molecular flexibility index (Phi) is 3.71. The summed E-state index contributed by atoms with van der Waals surface area (Å²) in [5.41, 5.74) is 2.40. The SMILES string of the molecule is CCN(CC)C1(CC(=O)O)Cc2ccccc2C1. The monoisotopic (exact) mass is 247 g/mol. The molecule has 0 aromatic heterocycles. The van der Waals surface area contributed by atoms with Crippen LogP contribution in [0.3, 0.4) is 0 Å². The van der Waals surface area contributed by atoms with E-state index in [1.807, 2.05) is 12.1 Å². The van der Waals surface area contributed by atoms with Crippen molar-refractivity contribution in [1.82, 2.24) is 4.90 Å². The highest BCUT2D eigenvalue weighted by atomic mass is 16.4. The third kappa shape index (κ3) is 2.27. The van der Waals surface area contributed by atoms with E-state index in [0.717, 1.165) is 25.9 Å². The molecular weight excluding hydrogens is 226 g/mol. The van der Waals surface area contributed by atoms with E-state index < -0.39 is 5.97 Å². The number of carboxylic acids is 1. The van der Waals surface area contributed by atoms with Gasteiger partial charge in [-0.1, -0.05) is 38.1 Å². The maximum absolute atomic E-state index is 11.2. The van der Waals surface area contributed by atoms with Gasteiger partial charge in [0.2, 0.25) is 0 Å². The minimum Gasteiger partial charge on any atom is -0.481 e. The summed E-state index contributed by atoms with van der Waals surface area (Å²) in [7, 11) is 0. The molecule has 0 unspecified atom stereocenters. The van der Waals surface area contributed by atoms with Gasteiger partial charge in [0.05, 0.1) is 6.42 Å². The lowest BCUT2D eigenvalue weighted by molar-refractivity contribution is -0.140. The Bertz CT molecular complexity index is 413. The molecule has 0 atom stereocenters. The molecule has 3 heteroatoms. The van der Waals surface area contributed by atoms with E-state index in [1.165, 1.54) is 11.1 Å². The van der Waals surface area contributed by atoms with Crippen molar-refractivity contribution in [3.05, 3.63) is 35.4 Å². The Hall–Kier alpha value is -1.35. The number of aliphatic carboxylic acids is 1. The fourth-order valence-corrected chi connectivity index (χ4v) is 3.31. The molecule has 0 aliphatic heterocycles. The van der Waals surface area contributed by atoms with Crippen molar-refractivity contribution >= 4 is 5.97 Å². The Balaban J connectivity index is 2.32. The smallest absolute Gasteiger partial charge is 0.305 e. The van der Waals surface area contributed by atoms with E-state index in [9.17, 15) is 9.90 Å². The average Bonchev–Trinajstić information content (AvgIpc) is 2.68. The summed E-state index contributed by atoms with van der Waals surface area (Å²) >= 11 is 0. The van der Waals surface area contributed by atoms with Crippen LogP contribution in [0.15, 0.2) is 24.3 Å². The van der Waals surface area contributed by atoms with Crippen LogP contribution in [0.2, 0.25) is 0 Å². The quantitative estimate of drug-likeness (QED) is 0.868. The molecule has 1 aromatic rings. The third-order valence-corrected chi connectivity index (χ3v) is 4.07. The number of hydrogen-bond donors (Lipinski definition) is 1. The molecule has 1 aromatic carbocycles. The van der Waals surface area contributed by atoms with Crippen molar-refractivity contribution in [2.45, 2.75) is 38.6 Å². The molecule has 98 valence electrons. The molecule has 0 bridgehead atoms. The van der Waals surface area contributed by atoms with Crippen LogP contribution in [-0.4, -0.2) is 34.6 Å². The highest BCUT2D eigenvalue weighted by molar-refractivity contribution is 5.69. The van der Waals surface area contributed by atoms with Gasteiger partial charge in [0.15, 0.2) is 0 Å². The highest BCUT2D eigenvalue weighted by Gasteiger charge is 2.42. The number of carboxylic acid groups (broad SMARTS) is 1. The second kappa shape index (κ2) is 5.11. The number of likely N-dealkylation sites (N-methyl/N-ethyl adjacent to an activating group) is 1. The summed E-state index contributed by atoms with van der Waals surface area (Å²) in [6.07, 6.45) is 1.94. The van der Waals surface area contributed by atoms with Gasteiger partial charge < -0.3 is 5.11 Å². The zero-order chi connectivity index (χ0) is 13.2. The van der Waals surface area contributed by atoms with Gasteiger partial charge in [0.1, 0.15) is 0 Å². The van der Waals surface area contributed by atoms with Gasteiger partial charge in [-0.05, 0) is 37.1 Å². The van der Waals surface area contributed by atoms with Gasteiger partial charge in [-0.3, -0.25) is 9.69 Å². The standard InChI is InChI=1S/C15H21NO2/c1-3-16(4-2)15(11-14(17)18)9-12-7-5-6-8-13(12)10-15/h5-8H,3-4,9-11H2,1-2H3,(H,17,18). The lowest BCUT2D eigenvalue weighted by atomic mass is 9.89. The van der Waals surface area contributed by atoms with Gasteiger partial charge in [-0.25, -0.2) is 0 Å². The predicted octanol–water partition coefficient (Wildman–Crippen LogP) is 2.34. The van der Waals surface area contributed by atoms with Crippen LogP contribution in [0.1, 0.15) is 31.4 Å². The first kappa shape index (κ1) is 13.1. The van der Waals surface area contributed by atoms with E-state index in [0.29, 0.717) is 0 Å². The molecule has 1 aliphatic rings. The molecule has 0 saturated heterocycles. The van der Waals surface area contributed by atoms with E-state index in [4.69, 9.17) is 0 Å². The lowest BCUT2D eigenvalue weighted by Crippen LogP contribution is -2.51. The Morgan fingerprint density at radius 3 is 2.11 bits per heavy atom. The summed E-state index contributed by atoms with van der Waals surface area (Å²) in [5.74, 6) is -0.699. The Morgan fingerprint density at radius 1 is 1.22 bits per heavy atom. The van der Waals surface area contributed by atoms with E-state index in [-0.39, 0.29) is 12.0 Å². The van der Waals surface area contributed by atoms with Gasteiger partial charge in [-0.15, -0.1) is 0 Å². The Morgan fingerprint density at radius 2 is 1.72 bits per heavy atom. The van der Waals surface area contributed by atoms with Crippen LogP contribution < -0.4 is 0 Å². The minimum atomic E-state index is -0.699. The number of hydrogen-bond acceptors (Lipinski definition) is 2. The largest absolute Gasteiger partial charge is 0.481 e. The molecule has 3 nitrogen and oxygen atoms in total. The molecule has 0 amide bonds. The number of fused-ring (bicyclic) bond motifs is 1. The molecule has 1 aliphatic carbocycles. The van der Waals surface area contributed by atoms with Crippen molar-refractivity contribution in [3.8, 4) is 0 Å². The summed E-state index contributed by atoms with van der Waals surface area (Å²) in [4.78, 5) is 13.5. The van der Waals surface area contributed by atoms with E-state index in [2.05, 4.69) is 30.9 Å². The van der Waals surface area contributed by atoms with E-state index >= 15 is 0 Å². The maximum Gasteiger partial charge on any atom is 0.305 e. The number of rotatable bonds is 5. The molecule has 0 heterocycles. The topological polar surface area (TPSA) is 40.5 Å². The molecule has 0 fully saturated rings. The zero-order valence-electron chi connectivity index (χ0n) is 11.1. The normalized spacial score (nSPS) is 16.8. The molecular formula is C15H21NO2. The lowest BCUT2D eigenvalue weighted by Gasteiger charge is -2.39. The van der Waals surface area contributed by atoms with Crippen LogP contribution in [0.25, 0.3) is 0 Å². The van der Waals surface area contributed by atoms with Crippen molar-refractivity contribution < 1.29 is 9.90 Å². The summed E-state index contributed by atoms with van der Waals surface area (Å²) in [6.45, 7) is 6.02. The van der Waals surface area contributed by atoms with Crippen molar-refractivity contribution in [2.75, 3.05) is 13.1 Å². The highest BCUT2D eigenvalue weighted by Crippen LogP contribution is 2.37. The number of carbonyl (C=O) groups is 1. The number of benzene rings is 1. The van der Waals surface area contributed by atoms with Gasteiger partial charge in [0.25, 0.3) is 0 Å². The van der Waals surface area contributed by atoms with Crippen LogP contribution in [0.5, 0.6) is 0 Å². The van der Waals surface area contributed by atoms with Crippen LogP contribution in [-0.2, 0) is 17.6 Å². The van der Waals surface area contributed by atoms with Crippen molar-refractivity contribution in [2.24, 2.45) is 0 Å². The van der Waals surface area contributed by atoms with Gasteiger partial charge >= 0.3 is 5.97 Å². The Labute approximate surface area is 108 Å². The van der Waals surface area contributed by atoms with Gasteiger partial charge in [0, 0.05) is 5.54 Å². The first-order valence-corrected chi connectivity index (χ1v) is 6.65. The summed E-state index contributed by atoms with van der Waals surface area (Å²) in [6, 6.07) is 8.33. The molecule has 2 rings (SSSR count). The zero-order valence-corrected chi connectivity index (χ0v) is 11.1. The average molecular weight is 247 g/mol.